The molecule has 5 rings (SSSR count). The van der Waals surface area contributed by atoms with E-state index in [0.717, 1.165) is 50.9 Å². The summed E-state index contributed by atoms with van der Waals surface area (Å²) < 4.78 is 23.7. The Morgan fingerprint density at radius 2 is 1.82 bits per heavy atom. The van der Waals surface area contributed by atoms with Crippen LogP contribution in [0.5, 0.6) is 23.0 Å². The number of fused-ring (bicyclic) bond motifs is 1. The first-order valence-electron chi connectivity index (χ1n) is 10.3. The van der Waals surface area contributed by atoms with Gasteiger partial charge >= 0.3 is 0 Å². The van der Waals surface area contributed by atoms with Crippen LogP contribution in [0.25, 0.3) is 22.0 Å². The molecule has 0 amide bonds. The van der Waals surface area contributed by atoms with Gasteiger partial charge in [-0.15, -0.1) is 21.5 Å². The number of methoxy groups -OCH3 is 2. The first-order chi connectivity index (χ1) is 16.2. The van der Waals surface area contributed by atoms with Crippen molar-refractivity contribution in [2.45, 2.75) is 24.4 Å². The van der Waals surface area contributed by atoms with Crippen molar-refractivity contribution in [3.8, 4) is 45.0 Å². The largest absolute Gasteiger partial charge is 0.493 e. The van der Waals surface area contributed by atoms with Gasteiger partial charge < -0.3 is 23.5 Å². The molecule has 0 saturated carbocycles. The fraction of sp³-hybridized carbons (Fsp3) is 0.261. The Balaban J connectivity index is 1.33. The zero-order chi connectivity index (χ0) is 22.8. The molecule has 0 saturated heterocycles. The van der Waals surface area contributed by atoms with Gasteiger partial charge in [-0.05, 0) is 43.3 Å². The number of thioether (sulfide) groups is 1. The summed E-state index contributed by atoms with van der Waals surface area (Å²) in [7, 11) is 3.25. The van der Waals surface area contributed by atoms with E-state index in [1.807, 2.05) is 36.4 Å². The molecule has 170 valence electrons. The van der Waals surface area contributed by atoms with Crippen LogP contribution in [-0.2, 0) is 12.3 Å². The first kappa shape index (κ1) is 21.6. The van der Waals surface area contributed by atoms with Crippen LogP contribution in [0.4, 0.5) is 0 Å². The van der Waals surface area contributed by atoms with E-state index >= 15 is 0 Å². The van der Waals surface area contributed by atoms with Crippen LogP contribution in [0, 0.1) is 0 Å². The molecule has 0 atom stereocenters. The van der Waals surface area contributed by atoms with Crippen LogP contribution in [0.2, 0.25) is 0 Å². The molecule has 2 aromatic heterocycles. The SMILES string of the molecule is CCn1c(SCc2csc(-c3ccc4c(c3)OCO4)n2)nnc1-c1ccc(OC)c(OC)c1. The summed E-state index contributed by atoms with van der Waals surface area (Å²) in [6, 6.07) is 11.7. The van der Waals surface area contributed by atoms with Gasteiger partial charge in [0.25, 0.3) is 0 Å². The van der Waals surface area contributed by atoms with Crippen molar-refractivity contribution in [3.05, 3.63) is 47.5 Å². The third kappa shape index (κ3) is 4.23. The molecule has 0 bridgehead atoms. The number of ether oxygens (including phenoxy) is 4. The number of hydrogen-bond acceptors (Lipinski definition) is 9. The molecule has 1 aliphatic rings. The molecule has 10 heteroatoms. The van der Waals surface area contributed by atoms with Crippen LogP contribution in [0.1, 0.15) is 12.6 Å². The number of thiazole rings is 1. The summed E-state index contributed by atoms with van der Waals surface area (Å²) in [4.78, 5) is 4.80. The average molecular weight is 483 g/mol. The smallest absolute Gasteiger partial charge is 0.231 e. The highest BCUT2D eigenvalue weighted by Gasteiger charge is 2.17. The van der Waals surface area contributed by atoms with Crippen LogP contribution in [-0.4, -0.2) is 40.8 Å². The van der Waals surface area contributed by atoms with Crippen LogP contribution in [0.3, 0.4) is 0 Å². The third-order valence-electron chi connectivity index (χ3n) is 5.20. The molecule has 4 aromatic rings. The number of rotatable bonds is 8. The Morgan fingerprint density at radius 1 is 1.00 bits per heavy atom. The molecule has 0 N–H and O–H groups in total. The maximum atomic E-state index is 5.48. The Kier molecular flexibility index (Phi) is 6.10. The highest BCUT2D eigenvalue weighted by Crippen LogP contribution is 2.37. The van der Waals surface area contributed by atoms with E-state index < -0.39 is 0 Å². The van der Waals surface area contributed by atoms with Crippen LogP contribution in [0.15, 0.2) is 46.9 Å². The molecule has 0 aliphatic carbocycles. The van der Waals surface area contributed by atoms with Gasteiger partial charge in [0.05, 0.1) is 19.9 Å². The Bertz CT molecular complexity index is 1290. The third-order valence-corrected chi connectivity index (χ3v) is 7.14. The summed E-state index contributed by atoms with van der Waals surface area (Å²) >= 11 is 3.23. The van der Waals surface area contributed by atoms with Crippen molar-refractivity contribution in [3.63, 3.8) is 0 Å². The maximum absolute atomic E-state index is 5.48. The maximum Gasteiger partial charge on any atom is 0.231 e. The summed E-state index contributed by atoms with van der Waals surface area (Å²) in [6.45, 7) is 3.10. The van der Waals surface area contributed by atoms with Crippen LogP contribution < -0.4 is 18.9 Å². The lowest BCUT2D eigenvalue weighted by Crippen LogP contribution is -2.00. The van der Waals surface area contributed by atoms with Gasteiger partial charge in [-0.1, -0.05) is 11.8 Å². The Morgan fingerprint density at radius 3 is 2.64 bits per heavy atom. The van der Waals surface area contributed by atoms with Gasteiger partial charge in [0.15, 0.2) is 34.0 Å². The minimum absolute atomic E-state index is 0.266. The zero-order valence-corrected chi connectivity index (χ0v) is 20.0. The second kappa shape index (κ2) is 9.32. The highest BCUT2D eigenvalue weighted by molar-refractivity contribution is 7.98. The van der Waals surface area contributed by atoms with Gasteiger partial charge in [-0.3, -0.25) is 0 Å². The molecular weight excluding hydrogens is 460 g/mol. The van der Waals surface area contributed by atoms with E-state index in [0.29, 0.717) is 17.3 Å². The summed E-state index contributed by atoms with van der Waals surface area (Å²) in [5, 5.41) is 12.7. The lowest BCUT2D eigenvalue weighted by Gasteiger charge is -2.10. The molecule has 0 spiro atoms. The van der Waals surface area contributed by atoms with Crippen molar-refractivity contribution in [1.29, 1.82) is 0 Å². The number of aromatic nitrogens is 4. The number of nitrogens with zero attached hydrogens (tertiary/aromatic N) is 4. The van der Waals surface area contributed by atoms with Gasteiger partial charge in [0.1, 0.15) is 5.01 Å². The zero-order valence-electron chi connectivity index (χ0n) is 18.4. The lowest BCUT2D eigenvalue weighted by atomic mass is 10.2. The molecule has 8 nitrogen and oxygen atoms in total. The topological polar surface area (TPSA) is 80.5 Å². The normalized spacial score (nSPS) is 12.2. The van der Waals surface area contributed by atoms with E-state index in [4.69, 9.17) is 23.9 Å². The van der Waals surface area contributed by atoms with Gasteiger partial charge in [-0.25, -0.2) is 4.98 Å². The fourth-order valence-electron chi connectivity index (χ4n) is 3.54. The monoisotopic (exact) mass is 482 g/mol. The molecule has 0 radical (unpaired) electrons. The van der Waals surface area contributed by atoms with Crippen molar-refractivity contribution in [2.75, 3.05) is 21.0 Å². The van der Waals surface area contributed by atoms with E-state index in [-0.39, 0.29) is 6.79 Å². The van der Waals surface area contributed by atoms with Gasteiger partial charge in [-0.2, -0.15) is 0 Å². The second-order valence-corrected chi connectivity index (χ2v) is 8.92. The standard InChI is InChI=1S/C23H22N4O4S2/c1-4-27-21(14-5-7-17(28-2)19(9-14)29-3)25-26-23(27)33-12-16-11-32-22(24-16)15-6-8-18-20(10-15)31-13-30-18/h5-11H,4,12-13H2,1-3H3. The van der Waals surface area contributed by atoms with E-state index in [1.54, 1.807) is 37.3 Å². The highest BCUT2D eigenvalue weighted by atomic mass is 32.2. The minimum atomic E-state index is 0.266. The molecule has 0 fully saturated rings. The first-order valence-corrected chi connectivity index (χ1v) is 12.2. The molecule has 2 aromatic carbocycles. The average Bonchev–Trinajstić information content (AvgIpc) is 3.60. The molecular formula is C23H22N4O4S2. The van der Waals surface area contributed by atoms with Gasteiger partial charge in [0, 0.05) is 28.8 Å². The fourth-order valence-corrected chi connectivity index (χ4v) is 5.36. The molecule has 33 heavy (non-hydrogen) atoms. The second-order valence-electron chi connectivity index (χ2n) is 7.12. The molecule has 0 unspecified atom stereocenters. The summed E-state index contributed by atoms with van der Waals surface area (Å²) in [6.07, 6.45) is 0. The van der Waals surface area contributed by atoms with Crippen molar-refractivity contribution in [1.82, 2.24) is 19.7 Å². The summed E-state index contributed by atoms with van der Waals surface area (Å²) in [5.74, 6) is 4.37. The van der Waals surface area contributed by atoms with E-state index in [1.165, 1.54) is 0 Å². The van der Waals surface area contributed by atoms with Gasteiger partial charge in [0.2, 0.25) is 6.79 Å². The predicted molar refractivity (Wildman–Crippen MR) is 127 cm³/mol. The minimum Gasteiger partial charge on any atom is -0.493 e. The van der Waals surface area contributed by atoms with E-state index in [9.17, 15) is 0 Å². The molecule has 1 aliphatic heterocycles. The molecule has 3 heterocycles. The lowest BCUT2D eigenvalue weighted by molar-refractivity contribution is 0.174. The quantitative estimate of drug-likeness (QED) is 0.320. The van der Waals surface area contributed by atoms with Crippen molar-refractivity contribution >= 4 is 23.1 Å². The van der Waals surface area contributed by atoms with Crippen LogP contribution >= 0.6 is 23.1 Å². The van der Waals surface area contributed by atoms with E-state index in [2.05, 4.69) is 27.1 Å². The Hall–Kier alpha value is -3.24. The Labute approximate surface area is 199 Å². The summed E-state index contributed by atoms with van der Waals surface area (Å²) in [5.41, 5.74) is 2.94. The van der Waals surface area contributed by atoms with Crippen molar-refractivity contribution in [2.24, 2.45) is 0 Å². The van der Waals surface area contributed by atoms with Crippen molar-refractivity contribution < 1.29 is 18.9 Å². The number of hydrogen-bond donors (Lipinski definition) is 0. The number of benzene rings is 2. The predicted octanol–water partition coefficient (Wildman–Crippen LogP) is 5.13.